The molecule has 0 saturated carbocycles. The minimum atomic E-state index is -0.0448. The van der Waals surface area contributed by atoms with Gasteiger partial charge in [-0.15, -0.1) is 0 Å². The number of aromatic amines is 1. The van der Waals surface area contributed by atoms with Gasteiger partial charge in [0.05, 0.1) is 11.3 Å². The highest BCUT2D eigenvalue weighted by molar-refractivity contribution is 5.53. The number of pyridine rings is 1. The van der Waals surface area contributed by atoms with Crippen LogP contribution in [0.3, 0.4) is 0 Å². The Morgan fingerprint density at radius 3 is 2.61 bits per heavy atom. The maximum atomic E-state index is 12.7. The number of H-pyrrole nitrogens is 1. The van der Waals surface area contributed by atoms with E-state index in [0.717, 1.165) is 36.3 Å². The molecule has 0 radical (unpaired) electrons. The fourth-order valence-electron chi connectivity index (χ4n) is 3.62. The summed E-state index contributed by atoms with van der Waals surface area (Å²) in [6.45, 7) is 9.05. The minimum Gasteiger partial charge on any atom is -0.306 e. The Morgan fingerprint density at radius 1 is 1.14 bits per heavy atom. The van der Waals surface area contributed by atoms with Crippen LogP contribution in [0.1, 0.15) is 43.2 Å². The Labute approximate surface area is 165 Å². The van der Waals surface area contributed by atoms with E-state index in [-0.39, 0.29) is 11.0 Å². The van der Waals surface area contributed by atoms with E-state index < -0.39 is 0 Å². The van der Waals surface area contributed by atoms with Crippen molar-refractivity contribution in [3.05, 3.63) is 81.5 Å². The number of rotatable bonds is 3. The van der Waals surface area contributed by atoms with Crippen molar-refractivity contribution in [2.24, 2.45) is 0 Å². The molecule has 0 aliphatic carbocycles. The third-order valence-corrected chi connectivity index (χ3v) is 5.31. The van der Waals surface area contributed by atoms with E-state index in [4.69, 9.17) is 4.98 Å². The average Bonchev–Trinajstić information content (AvgIpc) is 2.69. The largest absolute Gasteiger partial charge is 0.306 e. The Morgan fingerprint density at radius 2 is 1.93 bits per heavy atom. The van der Waals surface area contributed by atoms with Crippen LogP contribution in [0.15, 0.2) is 53.6 Å². The van der Waals surface area contributed by atoms with Crippen molar-refractivity contribution in [3.8, 4) is 11.4 Å². The first-order valence-electron chi connectivity index (χ1n) is 9.74. The van der Waals surface area contributed by atoms with Crippen molar-refractivity contribution >= 4 is 0 Å². The lowest BCUT2D eigenvalue weighted by atomic mass is 9.86. The molecule has 144 valence electrons. The molecule has 0 saturated heterocycles. The summed E-state index contributed by atoms with van der Waals surface area (Å²) in [4.78, 5) is 26.7. The fourth-order valence-corrected chi connectivity index (χ4v) is 3.62. The molecule has 0 atom stereocenters. The summed E-state index contributed by atoms with van der Waals surface area (Å²) in [5.74, 6) is 0.600. The summed E-state index contributed by atoms with van der Waals surface area (Å²) < 4.78 is 0. The summed E-state index contributed by atoms with van der Waals surface area (Å²) in [5, 5.41) is 0. The molecule has 0 fully saturated rings. The molecule has 1 aliphatic heterocycles. The molecule has 3 aromatic rings. The number of benzene rings is 1. The molecular weight excluding hydrogens is 348 g/mol. The van der Waals surface area contributed by atoms with Crippen LogP contribution in [0.4, 0.5) is 0 Å². The first-order chi connectivity index (χ1) is 13.4. The van der Waals surface area contributed by atoms with Gasteiger partial charge in [0.1, 0.15) is 5.82 Å². The quantitative estimate of drug-likeness (QED) is 0.760. The van der Waals surface area contributed by atoms with Crippen molar-refractivity contribution in [1.29, 1.82) is 0 Å². The van der Waals surface area contributed by atoms with Gasteiger partial charge in [-0.2, -0.15) is 0 Å². The zero-order chi connectivity index (χ0) is 19.7. The minimum absolute atomic E-state index is 0.0448. The molecule has 4 rings (SSSR count). The van der Waals surface area contributed by atoms with Crippen LogP contribution >= 0.6 is 0 Å². The summed E-state index contributed by atoms with van der Waals surface area (Å²) in [6, 6.07) is 12.6. The third kappa shape index (κ3) is 3.90. The maximum absolute atomic E-state index is 12.7. The van der Waals surface area contributed by atoms with Gasteiger partial charge in [-0.3, -0.25) is 14.7 Å². The zero-order valence-corrected chi connectivity index (χ0v) is 16.7. The highest BCUT2D eigenvalue weighted by Gasteiger charge is 2.22. The van der Waals surface area contributed by atoms with Gasteiger partial charge < -0.3 is 4.98 Å². The molecule has 5 heteroatoms. The van der Waals surface area contributed by atoms with Gasteiger partial charge in [-0.05, 0) is 28.7 Å². The SMILES string of the molecule is CC(C)(C)c1ccc(CN2CCc3nc(-c4cccnc4)[nH]c(=O)c3C2)cc1. The molecule has 3 heterocycles. The van der Waals surface area contributed by atoms with Gasteiger partial charge >= 0.3 is 0 Å². The molecule has 0 bridgehead atoms. The average molecular weight is 374 g/mol. The summed E-state index contributed by atoms with van der Waals surface area (Å²) in [7, 11) is 0. The molecule has 2 aromatic heterocycles. The Bertz CT molecular complexity index is 1020. The molecule has 5 nitrogen and oxygen atoms in total. The van der Waals surface area contributed by atoms with Crippen molar-refractivity contribution in [3.63, 3.8) is 0 Å². The monoisotopic (exact) mass is 374 g/mol. The van der Waals surface area contributed by atoms with E-state index in [9.17, 15) is 4.79 Å². The molecular formula is C23H26N4O. The summed E-state index contributed by atoms with van der Waals surface area (Å²) in [5.41, 5.74) is 5.25. The van der Waals surface area contributed by atoms with Gasteiger partial charge in [-0.1, -0.05) is 45.0 Å². The molecule has 0 unspecified atom stereocenters. The molecule has 1 N–H and O–H groups in total. The summed E-state index contributed by atoms with van der Waals surface area (Å²) in [6.07, 6.45) is 4.22. The standard InChI is InChI=1S/C23H26N4O/c1-23(2,3)18-8-6-16(7-9-18)14-27-12-10-20-19(15-27)22(28)26-21(25-20)17-5-4-11-24-13-17/h4-9,11,13H,10,12,14-15H2,1-3H3,(H,25,26,28). The number of hydrogen-bond acceptors (Lipinski definition) is 4. The predicted octanol–water partition coefficient (Wildman–Crippen LogP) is 3.69. The molecule has 28 heavy (non-hydrogen) atoms. The molecule has 1 aromatic carbocycles. The smallest absolute Gasteiger partial charge is 0.255 e. The number of aromatic nitrogens is 3. The van der Waals surface area contributed by atoms with Crippen LogP contribution in [0.25, 0.3) is 11.4 Å². The first kappa shape index (κ1) is 18.6. The maximum Gasteiger partial charge on any atom is 0.255 e. The highest BCUT2D eigenvalue weighted by atomic mass is 16.1. The van der Waals surface area contributed by atoms with Gasteiger partial charge in [0.15, 0.2) is 0 Å². The van der Waals surface area contributed by atoms with E-state index >= 15 is 0 Å². The Hall–Kier alpha value is -2.79. The van der Waals surface area contributed by atoms with Crippen molar-refractivity contribution in [2.45, 2.75) is 45.7 Å². The van der Waals surface area contributed by atoms with Crippen molar-refractivity contribution < 1.29 is 0 Å². The highest BCUT2D eigenvalue weighted by Crippen LogP contribution is 2.24. The predicted molar refractivity (Wildman–Crippen MR) is 111 cm³/mol. The van der Waals surface area contributed by atoms with Crippen LogP contribution in [-0.4, -0.2) is 26.4 Å². The third-order valence-electron chi connectivity index (χ3n) is 5.31. The number of nitrogens with one attached hydrogen (secondary N) is 1. The van der Waals surface area contributed by atoms with E-state index in [0.29, 0.717) is 12.4 Å². The summed E-state index contributed by atoms with van der Waals surface area (Å²) >= 11 is 0. The van der Waals surface area contributed by atoms with Gasteiger partial charge in [-0.25, -0.2) is 4.98 Å². The Kier molecular flexibility index (Phi) is 4.85. The van der Waals surface area contributed by atoms with E-state index in [1.807, 2.05) is 12.1 Å². The van der Waals surface area contributed by atoms with E-state index in [1.54, 1.807) is 12.4 Å². The molecule has 0 spiro atoms. The van der Waals surface area contributed by atoms with Gasteiger partial charge in [0.25, 0.3) is 5.56 Å². The lowest BCUT2D eigenvalue weighted by Crippen LogP contribution is -2.35. The topological polar surface area (TPSA) is 61.9 Å². The van der Waals surface area contributed by atoms with Gasteiger partial charge in [0, 0.05) is 44.0 Å². The van der Waals surface area contributed by atoms with Crippen molar-refractivity contribution in [1.82, 2.24) is 19.9 Å². The molecule has 1 aliphatic rings. The van der Waals surface area contributed by atoms with Gasteiger partial charge in [0.2, 0.25) is 0 Å². The second-order valence-electron chi connectivity index (χ2n) is 8.49. The van der Waals surface area contributed by atoms with E-state index in [2.05, 4.69) is 59.9 Å². The van der Waals surface area contributed by atoms with Crippen LogP contribution < -0.4 is 5.56 Å². The van der Waals surface area contributed by atoms with Crippen molar-refractivity contribution in [2.75, 3.05) is 6.54 Å². The normalized spacial score (nSPS) is 14.7. The second-order valence-corrected chi connectivity index (χ2v) is 8.49. The first-order valence-corrected chi connectivity index (χ1v) is 9.74. The Balaban J connectivity index is 1.51. The van der Waals surface area contributed by atoms with Crippen LogP contribution in [-0.2, 0) is 24.9 Å². The van der Waals surface area contributed by atoms with Crippen LogP contribution in [0.5, 0.6) is 0 Å². The van der Waals surface area contributed by atoms with Crippen LogP contribution in [0.2, 0.25) is 0 Å². The molecule has 0 amide bonds. The zero-order valence-electron chi connectivity index (χ0n) is 16.7. The fraction of sp³-hybridized carbons (Fsp3) is 0.348. The lowest BCUT2D eigenvalue weighted by molar-refractivity contribution is 0.242. The second kappa shape index (κ2) is 7.32. The number of fused-ring (bicyclic) bond motifs is 1. The lowest BCUT2D eigenvalue weighted by Gasteiger charge is -2.28. The number of nitrogens with zero attached hydrogens (tertiary/aromatic N) is 3. The van der Waals surface area contributed by atoms with Crippen LogP contribution in [0, 0.1) is 0 Å². The number of hydrogen-bond donors (Lipinski definition) is 1. The van der Waals surface area contributed by atoms with E-state index in [1.165, 1.54) is 11.1 Å².